The highest BCUT2D eigenvalue weighted by atomic mass is 35.5. The Morgan fingerprint density at radius 1 is 1.16 bits per heavy atom. The molecule has 198 valence electrons. The number of hydrogen-bond acceptors (Lipinski definition) is 7. The van der Waals surface area contributed by atoms with E-state index in [0.717, 1.165) is 30.5 Å². The van der Waals surface area contributed by atoms with Crippen molar-refractivity contribution < 1.29 is 40.3 Å². The van der Waals surface area contributed by atoms with Crippen LogP contribution in [0.15, 0.2) is 51.7 Å². The fraction of sp³-hybridized carbons (Fsp3) is 0.333. The number of fused-ring (bicyclic) bond motifs is 1. The van der Waals surface area contributed by atoms with Crippen LogP contribution in [-0.4, -0.2) is 39.9 Å². The minimum Gasteiger partial charge on any atom is -0.490 e. The van der Waals surface area contributed by atoms with Crippen molar-refractivity contribution in [2.24, 2.45) is 5.92 Å². The first-order valence-electron chi connectivity index (χ1n) is 11.0. The summed E-state index contributed by atoms with van der Waals surface area (Å²) < 4.78 is 81.1. The summed E-state index contributed by atoms with van der Waals surface area (Å²) in [6.07, 6.45) is -3.46. The second-order valence-electron chi connectivity index (χ2n) is 8.55. The Balaban J connectivity index is 1.47. The Kier molecular flexibility index (Phi) is 7.54. The number of halogens is 4. The lowest BCUT2D eigenvalue weighted by molar-refractivity contribution is -0.137. The van der Waals surface area contributed by atoms with Crippen molar-refractivity contribution in [3.63, 3.8) is 0 Å². The number of para-hydroxylation sites is 1. The monoisotopic (exact) mass is 559 g/mol. The van der Waals surface area contributed by atoms with E-state index in [1.54, 1.807) is 6.07 Å². The lowest BCUT2D eigenvalue weighted by Gasteiger charge is -2.33. The number of rotatable bonds is 8. The fourth-order valence-electron chi connectivity index (χ4n) is 3.85. The molecular weight excluding hydrogens is 539 g/mol. The molecule has 1 saturated carbocycles. The van der Waals surface area contributed by atoms with Crippen molar-refractivity contribution in [1.29, 1.82) is 0 Å². The van der Waals surface area contributed by atoms with Gasteiger partial charge < -0.3 is 13.9 Å². The van der Waals surface area contributed by atoms with E-state index in [9.17, 15) is 31.2 Å². The lowest BCUT2D eigenvalue weighted by Crippen LogP contribution is -2.44. The Morgan fingerprint density at radius 2 is 1.89 bits per heavy atom. The van der Waals surface area contributed by atoms with Gasteiger partial charge in [-0.1, -0.05) is 17.7 Å². The SMILES string of the molecule is CS(=O)(=O)NC(=O)[C@H]1C[C@@H](OCCOc2cc(C(F)(F)F)ccc2-c2cc(=O)c3cccc(Cl)c3o2)C1. The van der Waals surface area contributed by atoms with Gasteiger partial charge in [-0.15, -0.1) is 0 Å². The van der Waals surface area contributed by atoms with Gasteiger partial charge in [-0.05, 0) is 43.2 Å². The maximum absolute atomic E-state index is 13.3. The Labute approximate surface area is 214 Å². The van der Waals surface area contributed by atoms with E-state index in [4.69, 9.17) is 25.5 Å². The van der Waals surface area contributed by atoms with Gasteiger partial charge in [0.05, 0.1) is 40.5 Å². The number of ether oxygens (including phenoxy) is 2. The van der Waals surface area contributed by atoms with Gasteiger partial charge in [0.25, 0.3) is 0 Å². The molecule has 8 nitrogen and oxygen atoms in total. The molecule has 1 N–H and O–H groups in total. The molecule has 0 aliphatic heterocycles. The van der Waals surface area contributed by atoms with Gasteiger partial charge in [0.2, 0.25) is 15.9 Å². The normalized spacial score (nSPS) is 17.9. The van der Waals surface area contributed by atoms with Crippen molar-refractivity contribution in [1.82, 2.24) is 4.72 Å². The molecule has 0 saturated heterocycles. The van der Waals surface area contributed by atoms with Crippen molar-refractivity contribution in [2.45, 2.75) is 25.1 Å². The molecular formula is C24H21ClF3NO7S. The number of amides is 1. The summed E-state index contributed by atoms with van der Waals surface area (Å²) in [7, 11) is -3.65. The van der Waals surface area contributed by atoms with Gasteiger partial charge >= 0.3 is 6.18 Å². The minimum absolute atomic E-state index is 0.00569. The molecule has 0 unspecified atom stereocenters. The molecule has 1 aromatic heterocycles. The molecule has 3 aromatic rings. The molecule has 1 amide bonds. The molecule has 0 spiro atoms. The standard InChI is InChI=1S/C24H21ClF3NO7S/c1-37(32,33)29-23(31)13-9-15(10-13)34-7-8-35-20-11-14(24(26,27)28)5-6-17(20)21-12-19(30)16-3-2-4-18(25)22(16)36-21/h2-6,11-13,15H,7-10H2,1H3,(H,29,31)/t13-,15+. The van der Waals surface area contributed by atoms with Crippen LogP contribution >= 0.6 is 11.6 Å². The predicted molar refractivity (Wildman–Crippen MR) is 129 cm³/mol. The first kappa shape index (κ1) is 27.0. The minimum atomic E-state index is -4.63. The molecule has 2 aromatic carbocycles. The fourth-order valence-corrected chi connectivity index (χ4v) is 4.59. The number of carbonyl (C=O) groups excluding carboxylic acids is 1. The van der Waals surface area contributed by atoms with Crippen molar-refractivity contribution in [2.75, 3.05) is 19.5 Å². The molecule has 37 heavy (non-hydrogen) atoms. The van der Waals surface area contributed by atoms with Crippen LogP contribution in [-0.2, 0) is 25.7 Å². The molecule has 1 heterocycles. The van der Waals surface area contributed by atoms with E-state index in [1.165, 1.54) is 12.1 Å². The molecule has 1 fully saturated rings. The first-order valence-corrected chi connectivity index (χ1v) is 13.3. The first-order chi connectivity index (χ1) is 17.3. The average molecular weight is 560 g/mol. The lowest BCUT2D eigenvalue weighted by atomic mass is 9.82. The third kappa shape index (κ3) is 6.43. The maximum Gasteiger partial charge on any atom is 0.416 e. The van der Waals surface area contributed by atoms with Gasteiger partial charge in [-0.2, -0.15) is 13.2 Å². The third-order valence-electron chi connectivity index (χ3n) is 5.73. The molecule has 1 aliphatic carbocycles. The predicted octanol–water partition coefficient (Wildman–Crippen LogP) is 4.38. The quantitative estimate of drug-likeness (QED) is 0.408. The van der Waals surface area contributed by atoms with Gasteiger partial charge in [-0.3, -0.25) is 14.3 Å². The number of nitrogens with one attached hydrogen (secondary N) is 1. The summed E-state index contributed by atoms with van der Waals surface area (Å²) in [6.45, 7) is -0.141. The van der Waals surface area contributed by atoms with Crippen molar-refractivity contribution >= 4 is 38.5 Å². The number of benzene rings is 2. The van der Waals surface area contributed by atoms with Gasteiger partial charge in [0.15, 0.2) is 11.0 Å². The zero-order chi connectivity index (χ0) is 27.0. The van der Waals surface area contributed by atoms with Crippen LogP contribution in [0, 0.1) is 5.92 Å². The van der Waals surface area contributed by atoms with Crippen molar-refractivity contribution in [3.05, 3.63) is 63.3 Å². The van der Waals surface area contributed by atoms with E-state index < -0.39 is 39.0 Å². The van der Waals surface area contributed by atoms with E-state index in [2.05, 4.69) is 0 Å². The smallest absolute Gasteiger partial charge is 0.416 e. The third-order valence-corrected chi connectivity index (χ3v) is 6.60. The maximum atomic E-state index is 13.3. The van der Waals surface area contributed by atoms with Crippen LogP contribution in [0.2, 0.25) is 5.02 Å². The highest BCUT2D eigenvalue weighted by molar-refractivity contribution is 7.89. The highest BCUT2D eigenvalue weighted by Crippen LogP contribution is 2.38. The van der Waals surface area contributed by atoms with E-state index in [0.29, 0.717) is 12.8 Å². The number of alkyl halides is 3. The summed E-state index contributed by atoms with van der Waals surface area (Å²) in [5.74, 6) is -1.30. The second kappa shape index (κ2) is 10.3. The summed E-state index contributed by atoms with van der Waals surface area (Å²) in [4.78, 5) is 24.4. The zero-order valence-electron chi connectivity index (χ0n) is 19.3. The van der Waals surface area contributed by atoms with Gasteiger partial charge in [-0.25, -0.2) is 8.42 Å². The molecule has 1 aliphatic rings. The van der Waals surface area contributed by atoms with Crippen molar-refractivity contribution in [3.8, 4) is 17.1 Å². The van der Waals surface area contributed by atoms with E-state index in [-0.39, 0.29) is 52.4 Å². The number of hydrogen-bond donors (Lipinski definition) is 1. The Morgan fingerprint density at radius 3 is 2.57 bits per heavy atom. The second-order valence-corrected chi connectivity index (χ2v) is 10.7. The summed E-state index contributed by atoms with van der Waals surface area (Å²) in [5.41, 5.74) is -1.16. The molecule has 0 radical (unpaired) electrons. The summed E-state index contributed by atoms with van der Waals surface area (Å²) in [6, 6.07) is 8.59. The van der Waals surface area contributed by atoms with Gasteiger partial charge in [0.1, 0.15) is 18.1 Å². The molecule has 0 bridgehead atoms. The molecule has 0 atom stereocenters. The van der Waals surface area contributed by atoms with Crippen LogP contribution in [0.1, 0.15) is 18.4 Å². The molecule has 13 heteroatoms. The van der Waals surface area contributed by atoms with Gasteiger partial charge in [0, 0.05) is 12.0 Å². The van der Waals surface area contributed by atoms with Crippen LogP contribution in [0.5, 0.6) is 5.75 Å². The van der Waals surface area contributed by atoms with Crippen LogP contribution in [0.4, 0.5) is 13.2 Å². The van der Waals surface area contributed by atoms with Crippen LogP contribution < -0.4 is 14.9 Å². The average Bonchev–Trinajstić information content (AvgIpc) is 2.76. The molecule has 4 rings (SSSR count). The largest absolute Gasteiger partial charge is 0.490 e. The highest BCUT2D eigenvalue weighted by Gasteiger charge is 2.36. The number of sulfonamides is 1. The van der Waals surface area contributed by atoms with Crippen LogP contribution in [0.25, 0.3) is 22.3 Å². The van der Waals surface area contributed by atoms with E-state index >= 15 is 0 Å². The topological polar surface area (TPSA) is 112 Å². The van der Waals surface area contributed by atoms with Crippen LogP contribution in [0.3, 0.4) is 0 Å². The number of carbonyl (C=O) groups is 1. The Bertz CT molecular complexity index is 1500. The zero-order valence-corrected chi connectivity index (χ0v) is 20.9. The Hall–Kier alpha value is -3.09. The summed E-state index contributed by atoms with van der Waals surface area (Å²) in [5, 5.41) is 0.395. The van der Waals surface area contributed by atoms with E-state index in [1.807, 2.05) is 4.72 Å². The summed E-state index contributed by atoms with van der Waals surface area (Å²) >= 11 is 6.14.